The summed E-state index contributed by atoms with van der Waals surface area (Å²) in [6.07, 6.45) is -0.730. The first-order valence-electron chi connectivity index (χ1n) is 7.94. The maximum absolute atomic E-state index is 12.5. The zero-order valence-corrected chi connectivity index (χ0v) is 13.8. The number of nitrogens with zero attached hydrogens (tertiary/aromatic N) is 1. The van der Waals surface area contributed by atoms with Gasteiger partial charge in [-0.05, 0) is 37.6 Å². The molecule has 3 aromatic rings. The van der Waals surface area contributed by atoms with Crippen molar-refractivity contribution in [1.29, 1.82) is 0 Å². The molecule has 1 aromatic heterocycles. The monoisotopic (exact) mass is 320 g/mol. The number of benzene rings is 2. The first-order valence-corrected chi connectivity index (χ1v) is 7.94. The zero-order chi connectivity index (χ0) is 17.1. The predicted octanol–water partition coefficient (Wildman–Crippen LogP) is 3.32. The Kier molecular flexibility index (Phi) is 4.58. The molecule has 1 amide bonds. The number of carbonyl (C=O) groups is 1. The number of nitrogens with one attached hydrogen (secondary N) is 1. The maximum atomic E-state index is 12.5. The number of amides is 1. The Morgan fingerprint density at radius 2 is 1.88 bits per heavy atom. The van der Waals surface area contributed by atoms with Crippen molar-refractivity contribution in [2.75, 3.05) is 6.54 Å². The average molecular weight is 320 g/mol. The van der Waals surface area contributed by atoms with Gasteiger partial charge >= 0.3 is 0 Å². The molecule has 0 aliphatic carbocycles. The number of aryl methyl sites for hydroxylation is 2. The van der Waals surface area contributed by atoms with Crippen molar-refractivity contribution in [3.05, 3.63) is 77.0 Å². The van der Waals surface area contributed by atoms with Gasteiger partial charge in [-0.2, -0.15) is 0 Å². The van der Waals surface area contributed by atoms with E-state index < -0.39 is 6.10 Å². The number of rotatable bonds is 4. The molecular formula is C20H20N2O2. The SMILES string of the molecule is Cc1ccc2nc(C)c(C(=O)NC[C@@H](O)c3ccccc3)cc2c1. The second-order valence-corrected chi connectivity index (χ2v) is 5.95. The van der Waals surface area contributed by atoms with Gasteiger partial charge in [-0.3, -0.25) is 9.78 Å². The highest BCUT2D eigenvalue weighted by molar-refractivity contribution is 5.98. The van der Waals surface area contributed by atoms with E-state index in [1.54, 1.807) is 0 Å². The minimum atomic E-state index is -0.730. The summed E-state index contributed by atoms with van der Waals surface area (Å²) in [7, 11) is 0. The first kappa shape index (κ1) is 16.1. The van der Waals surface area contributed by atoms with E-state index in [1.165, 1.54) is 0 Å². The Morgan fingerprint density at radius 3 is 2.62 bits per heavy atom. The fraction of sp³-hybridized carbons (Fsp3) is 0.200. The highest BCUT2D eigenvalue weighted by Crippen LogP contribution is 2.18. The molecule has 0 saturated carbocycles. The van der Waals surface area contributed by atoms with E-state index in [0.29, 0.717) is 11.3 Å². The van der Waals surface area contributed by atoms with Crippen LogP contribution < -0.4 is 5.32 Å². The third-order valence-electron chi connectivity index (χ3n) is 4.05. The minimum Gasteiger partial charge on any atom is -0.387 e. The lowest BCUT2D eigenvalue weighted by Gasteiger charge is -2.13. The second-order valence-electron chi connectivity index (χ2n) is 5.95. The molecule has 0 bridgehead atoms. The average Bonchev–Trinajstić information content (AvgIpc) is 2.60. The Balaban J connectivity index is 1.77. The van der Waals surface area contributed by atoms with Gasteiger partial charge in [0.2, 0.25) is 0 Å². The van der Waals surface area contributed by atoms with Crippen LogP contribution in [0.25, 0.3) is 10.9 Å². The van der Waals surface area contributed by atoms with Crippen molar-refractivity contribution in [2.45, 2.75) is 20.0 Å². The van der Waals surface area contributed by atoms with E-state index in [4.69, 9.17) is 0 Å². The molecule has 0 aliphatic heterocycles. The number of carbonyl (C=O) groups excluding carboxylic acids is 1. The molecule has 24 heavy (non-hydrogen) atoms. The molecular weight excluding hydrogens is 300 g/mol. The van der Waals surface area contributed by atoms with Crippen molar-refractivity contribution >= 4 is 16.8 Å². The van der Waals surface area contributed by atoms with Crippen LogP contribution in [0, 0.1) is 13.8 Å². The Morgan fingerprint density at radius 1 is 1.12 bits per heavy atom. The molecule has 4 nitrogen and oxygen atoms in total. The van der Waals surface area contributed by atoms with Crippen LogP contribution in [0.2, 0.25) is 0 Å². The van der Waals surface area contributed by atoms with Crippen molar-refractivity contribution < 1.29 is 9.90 Å². The number of hydrogen-bond acceptors (Lipinski definition) is 3. The van der Waals surface area contributed by atoms with Crippen LogP contribution in [0.3, 0.4) is 0 Å². The Labute approximate surface area is 141 Å². The largest absolute Gasteiger partial charge is 0.387 e. The molecule has 0 radical (unpaired) electrons. The van der Waals surface area contributed by atoms with Gasteiger partial charge in [-0.25, -0.2) is 0 Å². The van der Waals surface area contributed by atoms with Gasteiger partial charge in [-0.15, -0.1) is 0 Å². The highest BCUT2D eigenvalue weighted by atomic mass is 16.3. The highest BCUT2D eigenvalue weighted by Gasteiger charge is 2.14. The van der Waals surface area contributed by atoms with Gasteiger partial charge in [0.15, 0.2) is 0 Å². The summed E-state index contributed by atoms with van der Waals surface area (Å²) >= 11 is 0. The summed E-state index contributed by atoms with van der Waals surface area (Å²) in [4.78, 5) is 17.0. The van der Waals surface area contributed by atoms with Crippen LogP contribution in [0.5, 0.6) is 0 Å². The van der Waals surface area contributed by atoms with E-state index in [2.05, 4.69) is 10.3 Å². The zero-order valence-electron chi connectivity index (χ0n) is 13.8. The third-order valence-corrected chi connectivity index (χ3v) is 4.05. The molecule has 0 aliphatic rings. The third kappa shape index (κ3) is 3.44. The Bertz CT molecular complexity index is 875. The maximum Gasteiger partial charge on any atom is 0.253 e. The molecule has 0 fully saturated rings. The van der Waals surface area contributed by atoms with Crippen molar-refractivity contribution in [3.63, 3.8) is 0 Å². The molecule has 1 heterocycles. The lowest BCUT2D eigenvalue weighted by atomic mass is 10.1. The summed E-state index contributed by atoms with van der Waals surface area (Å²) in [5.74, 6) is -0.224. The summed E-state index contributed by atoms with van der Waals surface area (Å²) in [6, 6.07) is 17.1. The van der Waals surface area contributed by atoms with Crippen LogP contribution in [-0.4, -0.2) is 22.5 Å². The van der Waals surface area contributed by atoms with E-state index in [1.807, 2.05) is 68.4 Å². The van der Waals surface area contributed by atoms with Crippen LogP contribution in [-0.2, 0) is 0 Å². The fourth-order valence-corrected chi connectivity index (χ4v) is 2.70. The van der Waals surface area contributed by atoms with E-state index >= 15 is 0 Å². The molecule has 0 unspecified atom stereocenters. The smallest absolute Gasteiger partial charge is 0.253 e. The molecule has 4 heteroatoms. The van der Waals surface area contributed by atoms with Gasteiger partial charge in [0.1, 0.15) is 0 Å². The van der Waals surface area contributed by atoms with E-state index in [0.717, 1.165) is 22.0 Å². The van der Waals surface area contributed by atoms with Gasteiger partial charge < -0.3 is 10.4 Å². The fourth-order valence-electron chi connectivity index (χ4n) is 2.70. The van der Waals surface area contributed by atoms with Crippen molar-refractivity contribution in [2.24, 2.45) is 0 Å². The molecule has 122 valence electrons. The van der Waals surface area contributed by atoms with Gasteiger partial charge in [0.25, 0.3) is 5.91 Å². The molecule has 2 N–H and O–H groups in total. The number of aromatic nitrogens is 1. The van der Waals surface area contributed by atoms with Crippen molar-refractivity contribution in [1.82, 2.24) is 10.3 Å². The number of fused-ring (bicyclic) bond motifs is 1. The molecule has 0 saturated heterocycles. The minimum absolute atomic E-state index is 0.161. The summed E-state index contributed by atoms with van der Waals surface area (Å²) < 4.78 is 0. The quantitative estimate of drug-likeness (QED) is 0.775. The van der Waals surface area contributed by atoms with Crippen LogP contribution in [0.1, 0.15) is 33.3 Å². The summed E-state index contributed by atoms with van der Waals surface area (Å²) in [5, 5.41) is 13.9. The number of aliphatic hydroxyl groups excluding tert-OH is 1. The van der Waals surface area contributed by atoms with E-state index in [9.17, 15) is 9.90 Å². The standard InChI is InChI=1S/C20H20N2O2/c1-13-8-9-18-16(10-13)11-17(14(2)22-18)20(24)21-12-19(23)15-6-4-3-5-7-15/h3-11,19,23H,12H2,1-2H3,(H,21,24)/t19-/m1/s1. The molecule has 3 rings (SSSR count). The number of pyridine rings is 1. The van der Waals surface area contributed by atoms with Crippen LogP contribution >= 0.6 is 0 Å². The van der Waals surface area contributed by atoms with Gasteiger partial charge in [0, 0.05) is 11.9 Å². The predicted molar refractivity (Wildman–Crippen MR) is 95.0 cm³/mol. The second kappa shape index (κ2) is 6.81. The van der Waals surface area contributed by atoms with E-state index in [-0.39, 0.29) is 12.5 Å². The molecule has 2 aromatic carbocycles. The normalized spacial score (nSPS) is 12.1. The number of hydrogen-bond donors (Lipinski definition) is 2. The Hall–Kier alpha value is -2.72. The topological polar surface area (TPSA) is 62.2 Å². The lowest BCUT2D eigenvalue weighted by molar-refractivity contribution is 0.0915. The van der Waals surface area contributed by atoms with Crippen LogP contribution in [0.15, 0.2) is 54.6 Å². The first-order chi connectivity index (χ1) is 11.5. The van der Waals surface area contributed by atoms with Crippen LogP contribution in [0.4, 0.5) is 0 Å². The van der Waals surface area contributed by atoms with Gasteiger partial charge in [0.05, 0.1) is 22.9 Å². The number of aliphatic hydroxyl groups is 1. The lowest BCUT2D eigenvalue weighted by Crippen LogP contribution is -2.29. The summed E-state index contributed by atoms with van der Waals surface area (Å²) in [5.41, 5.74) is 3.99. The molecule has 0 spiro atoms. The van der Waals surface area contributed by atoms with Gasteiger partial charge in [-0.1, -0.05) is 42.0 Å². The summed E-state index contributed by atoms with van der Waals surface area (Å²) in [6.45, 7) is 3.99. The molecule has 1 atom stereocenters. The van der Waals surface area contributed by atoms with Crippen molar-refractivity contribution in [3.8, 4) is 0 Å².